The van der Waals surface area contributed by atoms with Crippen LogP contribution in [0.5, 0.6) is 0 Å². The first-order valence-electron chi connectivity index (χ1n) is 10.2. The van der Waals surface area contributed by atoms with Crippen molar-refractivity contribution >= 4 is 40.1 Å². The third-order valence-electron chi connectivity index (χ3n) is 4.49. The first kappa shape index (κ1) is 25.0. The van der Waals surface area contributed by atoms with E-state index in [0.29, 0.717) is 25.6 Å². The SMILES string of the molecule is CCOC(=O)Nc1cc(CCc2cnc(NC(=O)Nc3cc(C(C)(F)F)ccc3F)s2)ccn1. The number of nitrogens with zero attached hydrogens (tertiary/aromatic N) is 2. The number of benzene rings is 1. The van der Waals surface area contributed by atoms with Crippen molar-refractivity contribution in [3.8, 4) is 0 Å². The highest BCUT2D eigenvalue weighted by molar-refractivity contribution is 7.15. The molecule has 0 aliphatic carbocycles. The molecule has 12 heteroatoms. The van der Waals surface area contributed by atoms with Crippen LogP contribution in [0.1, 0.15) is 29.9 Å². The number of aryl methyl sites for hydroxylation is 2. The van der Waals surface area contributed by atoms with E-state index >= 15 is 0 Å². The molecular weight excluding hydrogens is 471 g/mol. The molecule has 2 aromatic heterocycles. The molecular formula is C22H22F3N5O3S. The molecule has 8 nitrogen and oxygen atoms in total. The molecule has 0 radical (unpaired) electrons. The summed E-state index contributed by atoms with van der Waals surface area (Å²) in [7, 11) is 0. The number of carbonyl (C=O) groups is 2. The number of alkyl halides is 2. The summed E-state index contributed by atoms with van der Waals surface area (Å²) in [5.41, 5.74) is 0.140. The van der Waals surface area contributed by atoms with E-state index in [-0.39, 0.29) is 17.4 Å². The molecule has 0 saturated heterocycles. The van der Waals surface area contributed by atoms with Crippen molar-refractivity contribution in [2.75, 3.05) is 22.6 Å². The van der Waals surface area contributed by atoms with Crippen molar-refractivity contribution in [1.29, 1.82) is 0 Å². The number of ether oxygens (including phenoxy) is 1. The smallest absolute Gasteiger partial charge is 0.412 e. The van der Waals surface area contributed by atoms with Crippen LogP contribution in [0.25, 0.3) is 0 Å². The van der Waals surface area contributed by atoms with Crippen LogP contribution in [0.3, 0.4) is 0 Å². The third-order valence-corrected chi connectivity index (χ3v) is 5.46. The van der Waals surface area contributed by atoms with E-state index in [9.17, 15) is 22.8 Å². The molecule has 3 amide bonds. The van der Waals surface area contributed by atoms with Gasteiger partial charge in [0.25, 0.3) is 5.92 Å². The van der Waals surface area contributed by atoms with Crippen molar-refractivity contribution in [3.63, 3.8) is 0 Å². The zero-order valence-corrected chi connectivity index (χ0v) is 19.1. The molecule has 3 rings (SSSR count). The van der Waals surface area contributed by atoms with Gasteiger partial charge in [-0.15, -0.1) is 11.3 Å². The van der Waals surface area contributed by atoms with Gasteiger partial charge in [-0.2, -0.15) is 0 Å². The predicted molar refractivity (Wildman–Crippen MR) is 123 cm³/mol. The van der Waals surface area contributed by atoms with Crippen LogP contribution in [0.4, 0.5) is 39.4 Å². The molecule has 3 aromatic rings. The topological polar surface area (TPSA) is 105 Å². The molecule has 0 fully saturated rings. The summed E-state index contributed by atoms with van der Waals surface area (Å²) < 4.78 is 45.7. The summed E-state index contributed by atoms with van der Waals surface area (Å²) in [4.78, 5) is 32.8. The van der Waals surface area contributed by atoms with Crippen LogP contribution in [-0.4, -0.2) is 28.7 Å². The Morgan fingerprint density at radius 1 is 1.09 bits per heavy atom. The number of aromatic nitrogens is 2. The van der Waals surface area contributed by atoms with Gasteiger partial charge in [-0.3, -0.25) is 10.6 Å². The lowest BCUT2D eigenvalue weighted by Crippen LogP contribution is -2.20. The van der Waals surface area contributed by atoms with E-state index in [2.05, 4.69) is 25.9 Å². The van der Waals surface area contributed by atoms with Gasteiger partial charge in [-0.25, -0.2) is 32.7 Å². The third kappa shape index (κ3) is 7.17. The minimum atomic E-state index is -3.17. The first-order valence-corrected chi connectivity index (χ1v) is 11.0. The van der Waals surface area contributed by atoms with E-state index < -0.39 is 29.4 Å². The summed E-state index contributed by atoms with van der Waals surface area (Å²) in [5, 5.41) is 7.50. The minimum absolute atomic E-state index is 0.251. The Morgan fingerprint density at radius 2 is 1.88 bits per heavy atom. The summed E-state index contributed by atoms with van der Waals surface area (Å²) in [6, 6.07) is 5.46. The Kier molecular flexibility index (Phi) is 8.05. The van der Waals surface area contributed by atoms with Crippen molar-refractivity contribution in [2.45, 2.75) is 32.6 Å². The molecule has 0 atom stereocenters. The van der Waals surface area contributed by atoms with Gasteiger partial charge in [0.15, 0.2) is 5.13 Å². The van der Waals surface area contributed by atoms with E-state index in [1.807, 2.05) is 6.07 Å². The van der Waals surface area contributed by atoms with Gasteiger partial charge in [-0.1, -0.05) is 6.07 Å². The maximum atomic E-state index is 13.9. The lowest BCUT2D eigenvalue weighted by Gasteiger charge is -2.13. The van der Waals surface area contributed by atoms with Crippen LogP contribution >= 0.6 is 11.3 Å². The number of amides is 3. The van der Waals surface area contributed by atoms with Crippen molar-refractivity contribution in [2.24, 2.45) is 0 Å². The second kappa shape index (κ2) is 11.0. The van der Waals surface area contributed by atoms with Gasteiger partial charge in [0.05, 0.1) is 12.3 Å². The lowest BCUT2D eigenvalue weighted by molar-refractivity contribution is 0.0174. The van der Waals surface area contributed by atoms with Gasteiger partial charge in [0.2, 0.25) is 0 Å². The number of rotatable bonds is 8. The number of nitrogens with one attached hydrogen (secondary N) is 3. The fourth-order valence-electron chi connectivity index (χ4n) is 2.86. The summed E-state index contributed by atoms with van der Waals surface area (Å²) in [5.74, 6) is -3.64. The summed E-state index contributed by atoms with van der Waals surface area (Å²) in [6.45, 7) is 2.64. The molecule has 180 valence electrons. The molecule has 0 saturated carbocycles. The van der Waals surface area contributed by atoms with E-state index in [0.717, 1.165) is 28.6 Å². The first-order chi connectivity index (χ1) is 16.1. The fraction of sp³-hybridized carbons (Fsp3) is 0.273. The summed E-state index contributed by atoms with van der Waals surface area (Å²) in [6.07, 6.45) is 3.81. The maximum absolute atomic E-state index is 13.9. The fourth-order valence-corrected chi connectivity index (χ4v) is 3.67. The number of pyridine rings is 1. The molecule has 0 unspecified atom stereocenters. The number of carbonyl (C=O) groups excluding carboxylic acids is 2. The number of urea groups is 1. The number of thiazole rings is 1. The molecule has 0 spiro atoms. The molecule has 0 bridgehead atoms. The number of hydrogen-bond donors (Lipinski definition) is 3. The van der Waals surface area contributed by atoms with Crippen LogP contribution in [0, 0.1) is 5.82 Å². The Labute approximate surface area is 197 Å². The average Bonchev–Trinajstić information content (AvgIpc) is 3.20. The van der Waals surface area contributed by atoms with E-state index in [4.69, 9.17) is 4.74 Å². The number of anilines is 3. The largest absolute Gasteiger partial charge is 0.450 e. The van der Waals surface area contributed by atoms with Crippen LogP contribution in [-0.2, 0) is 23.5 Å². The Morgan fingerprint density at radius 3 is 2.62 bits per heavy atom. The van der Waals surface area contributed by atoms with Gasteiger partial charge in [-0.05, 0) is 49.6 Å². The molecule has 3 N–H and O–H groups in total. The number of halogens is 3. The Hall–Kier alpha value is -3.67. The Bertz CT molecular complexity index is 1170. The van der Waals surface area contributed by atoms with Gasteiger partial charge >= 0.3 is 12.1 Å². The van der Waals surface area contributed by atoms with Crippen LogP contribution in [0.15, 0.2) is 42.7 Å². The zero-order valence-electron chi connectivity index (χ0n) is 18.3. The predicted octanol–water partition coefficient (Wildman–Crippen LogP) is 5.79. The lowest BCUT2D eigenvalue weighted by atomic mass is 10.1. The Balaban J connectivity index is 1.55. The van der Waals surface area contributed by atoms with Crippen LogP contribution < -0.4 is 16.0 Å². The normalized spacial score (nSPS) is 11.1. The zero-order chi connectivity index (χ0) is 24.7. The van der Waals surface area contributed by atoms with E-state index in [1.165, 1.54) is 11.3 Å². The van der Waals surface area contributed by atoms with Crippen molar-refractivity contribution in [3.05, 3.63) is 64.5 Å². The van der Waals surface area contributed by atoms with Gasteiger partial charge in [0, 0.05) is 29.8 Å². The summed E-state index contributed by atoms with van der Waals surface area (Å²) >= 11 is 1.22. The maximum Gasteiger partial charge on any atom is 0.412 e. The quantitative estimate of drug-likeness (QED) is 0.369. The number of hydrogen-bond acceptors (Lipinski definition) is 6. The van der Waals surface area contributed by atoms with Gasteiger partial charge < -0.3 is 10.1 Å². The van der Waals surface area contributed by atoms with Crippen LogP contribution in [0.2, 0.25) is 0 Å². The highest BCUT2D eigenvalue weighted by Crippen LogP contribution is 2.30. The highest BCUT2D eigenvalue weighted by Gasteiger charge is 2.25. The van der Waals surface area contributed by atoms with E-state index in [1.54, 1.807) is 25.4 Å². The molecule has 0 aliphatic rings. The molecule has 0 aliphatic heterocycles. The molecule has 2 heterocycles. The second-order valence-corrected chi connectivity index (χ2v) is 8.30. The standard InChI is InChI=1S/C22H22F3N5O3S/c1-3-33-21(32)29-18-10-13(8-9-26-18)4-6-15-12-27-20(34-15)30-19(31)28-17-11-14(22(2,24)25)5-7-16(17)23/h5,7-12H,3-4,6H2,1-2H3,(H,26,29,32)(H2,27,28,30,31). The average molecular weight is 494 g/mol. The molecule has 1 aromatic carbocycles. The minimum Gasteiger partial charge on any atom is -0.450 e. The second-order valence-electron chi connectivity index (χ2n) is 7.19. The highest BCUT2D eigenvalue weighted by atomic mass is 32.1. The van der Waals surface area contributed by atoms with Crippen molar-refractivity contribution in [1.82, 2.24) is 9.97 Å². The monoisotopic (exact) mass is 493 g/mol. The van der Waals surface area contributed by atoms with Gasteiger partial charge in [0.1, 0.15) is 11.6 Å². The molecule has 34 heavy (non-hydrogen) atoms. The van der Waals surface area contributed by atoms with Crippen molar-refractivity contribution < 1.29 is 27.5 Å².